The standard InChI is InChI=1S/C10H11IN2/c1-2-4-10(13-12)8-5-3-6-9(11)7-8/h1,3,5-7,10,13H,4,12H2. The van der Waals surface area contributed by atoms with Gasteiger partial charge in [-0.05, 0) is 40.3 Å². The molecule has 2 nitrogen and oxygen atoms in total. The van der Waals surface area contributed by atoms with Crippen LogP contribution in [0, 0.1) is 15.9 Å². The third-order valence-corrected chi connectivity index (χ3v) is 2.45. The normalized spacial score (nSPS) is 12.1. The molecular formula is C10H11IN2. The van der Waals surface area contributed by atoms with Crippen molar-refractivity contribution in [3.63, 3.8) is 0 Å². The molecule has 0 fully saturated rings. The van der Waals surface area contributed by atoms with Crippen molar-refractivity contribution in [2.45, 2.75) is 12.5 Å². The number of rotatable bonds is 3. The molecular weight excluding hydrogens is 275 g/mol. The molecule has 3 heteroatoms. The first-order valence-corrected chi connectivity index (χ1v) is 5.01. The van der Waals surface area contributed by atoms with Crippen molar-refractivity contribution in [3.05, 3.63) is 33.4 Å². The van der Waals surface area contributed by atoms with Gasteiger partial charge in [-0.2, -0.15) is 0 Å². The summed E-state index contributed by atoms with van der Waals surface area (Å²) in [6.07, 6.45) is 5.84. The van der Waals surface area contributed by atoms with Crippen LogP contribution < -0.4 is 11.3 Å². The van der Waals surface area contributed by atoms with Gasteiger partial charge >= 0.3 is 0 Å². The van der Waals surface area contributed by atoms with Crippen LogP contribution in [0.25, 0.3) is 0 Å². The Kier molecular flexibility index (Phi) is 4.22. The molecule has 0 aromatic heterocycles. The summed E-state index contributed by atoms with van der Waals surface area (Å²) >= 11 is 2.26. The lowest BCUT2D eigenvalue weighted by molar-refractivity contribution is 0.568. The number of halogens is 1. The van der Waals surface area contributed by atoms with Gasteiger partial charge in [-0.25, -0.2) is 0 Å². The van der Waals surface area contributed by atoms with Crippen LogP contribution in [-0.2, 0) is 0 Å². The van der Waals surface area contributed by atoms with Crippen LogP contribution >= 0.6 is 22.6 Å². The summed E-state index contributed by atoms with van der Waals surface area (Å²) in [5.74, 6) is 7.98. The Hall–Kier alpha value is -0.570. The van der Waals surface area contributed by atoms with E-state index in [-0.39, 0.29) is 6.04 Å². The van der Waals surface area contributed by atoms with E-state index in [1.165, 1.54) is 3.57 Å². The van der Waals surface area contributed by atoms with Crippen molar-refractivity contribution >= 4 is 22.6 Å². The molecule has 0 radical (unpaired) electrons. The summed E-state index contributed by atoms with van der Waals surface area (Å²) in [5.41, 5.74) is 3.83. The predicted octanol–water partition coefficient (Wildman–Crippen LogP) is 1.82. The second kappa shape index (κ2) is 5.22. The largest absolute Gasteiger partial charge is 0.271 e. The van der Waals surface area contributed by atoms with E-state index in [9.17, 15) is 0 Å². The number of hydrogen-bond acceptors (Lipinski definition) is 2. The molecule has 0 aliphatic rings. The van der Waals surface area contributed by atoms with Crippen LogP contribution in [0.1, 0.15) is 18.0 Å². The van der Waals surface area contributed by atoms with Crippen LogP contribution in [0.15, 0.2) is 24.3 Å². The van der Waals surface area contributed by atoms with Gasteiger partial charge in [0, 0.05) is 9.99 Å². The second-order valence-electron chi connectivity index (χ2n) is 2.68. The van der Waals surface area contributed by atoms with Gasteiger partial charge in [-0.1, -0.05) is 12.1 Å². The van der Waals surface area contributed by atoms with Crippen molar-refractivity contribution in [1.29, 1.82) is 0 Å². The molecule has 1 aromatic carbocycles. The van der Waals surface area contributed by atoms with Crippen LogP contribution in [0.5, 0.6) is 0 Å². The Bertz CT molecular complexity index is 317. The quantitative estimate of drug-likeness (QED) is 0.385. The molecule has 0 saturated heterocycles. The van der Waals surface area contributed by atoms with Crippen molar-refractivity contribution in [2.24, 2.45) is 5.84 Å². The van der Waals surface area contributed by atoms with Gasteiger partial charge in [0.15, 0.2) is 0 Å². The van der Waals surface area contributed by atoms with Gasteiger partial charge in [0.05, 0.1) is 6.04 Å². The van der Waals surface area contributed by atoms with E-state index in [2.05, 4.69) is 40.0 Å². The summed E-state index contributed by atoms with van der Waals surface area (Å²) in [4.78, 5) is 0. The van der Waals surface area contributed by atoms with Gasteiger partial charge in [0.25, 0.3) is 0 Å². The number of hydrazine groups is 1. The highest BCUT2D eigenvalue weighted by molar-refractivity contribution is 14.1. The highest BCUT2D eigenvalue weighted by Crippen LogP contribution is 2.17. The highest BCUT2D eigenvalue weighted by Gasteiger charge is 2.07. The fourth-order valence-corrected chi connectivity index (χ4v) is 1.68. The third-order valence-electron chi connectivity index (χ3n) is 1.77. The zero-order chi connectivity index (χ0) is 9.68. The molecule has 1 rings (SSSR count). The number of hydrogen-bond donors (Lipinski definition) is 2. The molecule has 0 saturated carbocycles. The smallest absolute Gasteiger partial charge is 0.0569 e. The fourth-order valence-electron chi connectivity index (χ4n) is 1.11. The van der Waals surface area contributed by atoms with E-state index in [0.717, 1.165) is 5.56 Å². The first-order valence-electron chi connectivity index (χ1n) is 3.93. The maximum Gasteiger partial charge on any atom is 0.0569 e. The maximum absolute atomic E-state index is 5.39. The SMILES string of the molecule is C#CCC(NN)c1cccc(I)c1. The van der Waals surface area contributed by atoms with E-state index in [4.69, 9.17) is 12.3 Å². The van der Waals surface area contributed by atoms with Gasteiger partial charge < -0.3 is 0 Å². The molecule has 13 heavy (non-hydrogen) atoms. The Balaban J connectivity index is 2.86. The topological polar surface area (TPSA) is 38.0 Å². The monoisotopic (exact) mass is 286 g/mol. The maximum atomic E-state index is 5.39. The molecule has 1 unspecified atom stereocenters. The minimum Gasteiger partial charge on any atom is -0.271 e. The van der Waals surface area contributed by atoms with Crippen LogP contribution in [0.4, 0.5) is 0 Å². The minimum atomic E-state index is 0.0553. The highest BCUT2D eigenvalue weighted by atomic mass is 127. The summed E-state index contributed by atoms with van der Waals surface area (Å²) < 4.78 is 1.19. The second-order valence-corrected chi connectivity index (χ2v) is 3.93. The Morgan fingerprint density at radius 1 is 1.62 bits per heavy atom. The molecule has 68 valence electrons. The van der Waals surface area contributed by atoms with Crippen LogP contribution in [-0.4, -0.2) is 0 Å². The summed E-state index contributed by atoms with van der Waals surface area (Å²) in [5, 5.41) is 0. The lowest BCUT2D eigenvalue weighted by Crippen LogP contribution is -2.27. The molecule has 1 aromatic rings. The first-order chi connectivity index (χ1) is 6.27. The van der Waals surface area contributed by atoms with Gasteiger partial charge in [-0.3, -0.25) is 11.3 Å². The lowest BCUT2D eigenvalue weighted by Gasteiger charge is -2.13. The summed E-state index contributed by atoms with van der Waals surface area (Å²) in [7, 11) is 0. The average molecular weight is 286 g/mol. The van der Waals surface area contributed by atoms with E-state index >= 15 is 0 Å². The summed E-state index contributed by atoms with van der Waals surface area (Å²) in [6.45, 7) is 0. The Labute approximate surface area is 92.0 Å². The minimum absolute atomic E-state index is 0.0553. The first kappa shape index (κ1) is 10.5. The van der Waals surface area contributed by atoms with Gasteiger partial charge in [0.1, 0.15) is 0 Å². The van der Waals surface area contributed by atoms with Gasteiger partial charge in [-0.15, -0.1) is 12.3 Å². The van der Waals surface area contributed by atoms with E-state index in [0.29, 0.717) is 6.42 Å². The molecule has 0 heterocycles. The summed E-state index contributed by atoms with van der Waals surface area (Å²) in [6, 6.07) is 8.18. The Morgan fingerprint density at radius 2 is 2.38 bits per heavy atom. The average Bonchev–Trinajstić information content (AvgIpc) is 2.14. The Morgan fingerprint density at radius 3 is 2.92 bits per heavy atom. The zero-order valence-electron chi connectivity index (χ0n) is 7.13. The number of nitrogens with one attached hydrogen (secondary N) is 1. The number of nitrogens with two attached hydrogens (primary N) is 1. The zero-order valence-corrected chi connectivity index (χ0v) is 9.28. The van der Waals surface area contributed by atoms with Crippen LogP contribution in [0.2, 0.25) is 0 Å². The van der Waals surface area contributed by atoms with Crippen molar-refractivity contribution in [2.75, 3.05) is 0 Å². The number of terminal acetylenes is 1. The molecule has 0 amide bonds. The molecule has 0 bridgehead atoms. The van der Waals surface area contributed by atoms with Crippen molar-refractivity contribution < 1.29 is 0 Å². The molecule has 0 spiro atoms. The van der Waals surface area contributed by atoms with E-state index in [1.807, 2.05) is 18.2 Å². The predicted molar refractivity (Wildman–Crippen MR) is 62.7 cm³/mol. The fraction of sp³-hybridized carbons (Fsp3) is 0.200. The molecule has 0 aliphatic heterocycles. The third kappa shape index (κ3) is 2.99. The molecule has 3 N–H and O–H groups in total. The van der Waals surface area contributed by atoms with E-state index < -0.39 is 0 Å². The van der Waals surface area contributed by atoms with Crippen LogP contribution in [0.3, 0.4) is 0 Å². The molecule has 0 aliphatic carbocycles. The molecule has 1 atom stereocenters. The lowest BCUT2D eigenvalue weighted by atomic mass is 10.1. The van der Waals surface area contributed by atoms with Crippen molar-refractivity contribution in [1.82, 2.24) is 5.43 Å². The van der Waals surface area contributed by atoms with Crippen molar-refractivity contribution in [3.8, 4) is 12.3 Å². The number of benzene rings is 1. The van der Waals surface area contributed by atoms with E-state index in [1.54, 1.807) is 0 Å². The van der Waals surface area contributed by atoms with Gasteiger partial charge in [0.2, 0.25) is 0 Å².